The predicted octanol–water partition coefficient (Wildman–Crippen LogP) is 1.81. The van der Waals surface area contributed by atoms with Crippen molar-refractivity contribution in [3.63, 3.8) is 0 Å². The fraction of sp³-hybridized carbons (Fsp3) is 0.417. The van der Waals surface area contributed by atoms with Crippen molar-refractivity contribution in [2.45, 2.75) is 25.3 Å². The van der Waals surface area contributed by atoms with Crippen LogP contribution in [0.5, 0.6) is 0 Å². The second kappa shape index (κ2) is 5.16. The second-order valence-corrected chi connectivity index (χ2v) is 5.25. The smallest absolute Gasteiger partial charge is 0.305 e. The molecule has 2 aromatic heterocycles. The van der Waals surface area contributed by atoms with Crippen LogP contribution in [0.3, 0.4) is 0 Å². The summed E-state index contributed by atoms with van der Waals surface area (Å²) in [5, 5.41) is 21.1. The van der Waals surface area contributed by atoms with Gasteiger partial charge in [-0.2, -0.15) is 0 Å². The van der Waals surface area contributed by atoms with E-state index >= 15 is 0 Å². The van der Waals surface area contributed by atoms with Crippen LogP contribution in [0.4, 0.5) is 0 Å². The molecule has 3 rings (SSSR count). The number of carboxylic acid groups (broad SMARTS) is 1. The van der Waals surface area contributed by atoms with E-state index in [0.717, 1.165) is 12.8 Å². The molecule has 8 heteroatoms. The Kier molecular flexibility index (Phi) is 3.35. The van der Waals surface area contributed by atoms with Gasteiger partial charge in [0.25, 0.3) is 0 Å². The van der Waals surface area contributed by atoms with Crippen molar-refractivity contribution in [1.29, 1.82) is 0 Å². The normalized spacial score (nSPS) is 16.1. The van der Waals surface area contributed by atoms with Gasteiger partial charge in [-0.3, -0.25) is 9.78 Å². The zero-order valence-electron chi connectivity index (χ0n) is 10.5. The molecule has 1 aliphatic carbocycles. The molecule has 0 saturated heterocycles. The van der Waals surface area contributed by atoms with Crippen molar-refractivity contribution in [2.24, 2.45) is 5.92 Å². The number of pyridine rings is 1. The molecule has 0 spiro atoms. The molecule has 1 fully saturated rings. The molecular formula is C12H12ClN5O2. The van der Waals surface area contributed by atoms with Gasteiger partial charge in [-0.05, 0) is 41.3 Å². The number of tetrazole rings is 1. The van der Waals surface area contributed by atoms with Crippen LogP contribution in [0.25, 0.3) is 11.5 Å². The fourth-order valence-electron chi connectivity index (χ4n) is 2.21. The summed E-state index contributed by atoms with van der Waals surface area (Å²) in [6.45, 7) is 0. The first-order chi connectivity index (χ1) is 9.65. The number of nitrogens with zero attached hydrogens (tertiary/aromatic N) is 5. The zero-order valence-corrected chi connectivity index (χ0v) is 11.2. The lowest BCUT2D eigenvalue weighted by molar-refractivity contribution is -0.138. The number of hydrogen-bond acceptors (Lipinski definition) is 5. The van der Waals surface area contributed by atoms with E-state index in [4.69, 9.17) is 16.7 Å². The van der Waals surface area contributed by atoms with Crippen LogP contribution in [-0.2, 0) is 4.79 Å². The van der Waals surface area contributed by atoms with Crippen LogP contribution < -0.4 is 0 Å². The van der Waals surface area contributed by atoms with E-state index in [1.807, 2.05) is 0 Å². The topological polar surface area (TPSA) is 93.8 Å². The molecule has 0 amide bonds. The third-order valence-corrected chi connectivity index (χ3v) is 3.54. The van der Waals surface area contributed by atoms with E-state index in [1.54, 1.807) is 16.8 Å². The average molecular weight is 294 g/mol. The van der Waals surface area contributed by atoms with Gasteiger partial charge in [0.15, 0.2) is 0 Å². The van der Waals surface area contributed by atoms with Crippen LogP contribution in [0.15, 0.2) is 18.3 Å². The van der Waals surface area contributed by atoms with Crippen molar-refractivity contribution in [3.8, 4) is 11.5 Å². The lowest BCUT2D eigenvalue weighted by Gasteiger charge is -2.15. The third-order valence-electron chi connectivity index (χ3n) is 3.31. The van der Waals surface area contributed by atoms with Gasteiger partial charge in [-0.15, -0.1) is 5.10 Å². The highest BCUT2D eigenvalue weighted by atomic mass is 35.5. The highest BCUT2D eigenvalue weighted by molar-refractivity contribution is 6.30. The number of hydrogen-bond donors (Lipinski definition) is 1. The Labute approximate surface area is 119 Å². The molecule has 1 atom stereocenters. The highest BCUT2D eigenvalue weighted by Crippen LogP contribution is 2.42. The van der Waals surface area contributed by atoms with Gasteiger partial charge in [0.1, 0.15) is 5.69 Å². The molecule has 2 aromatic rings. The fourth-order valence-corrected chi connectivity index (χ4v) is 2.32. The van der Waals surface area contributed by atoms with Crippen LogP contribution in [-0.4, -0.2) is 36.3 Å². The molecule has 1 unspecified atom stereocenters. The summed E-state index contributed by atoms with van der Waals surface area (Å²) in [7, 11) is 0. The number of aromatic nitrogens is 5. The van der Waals surface area contributed by atoms with Gasteiger partial charge in [0.2, 0.25) is 5.82 Å². The third kappa shape index (κ3) is 2.62. The maximum Gasteiger partial charge on any atom is 0.305 e. The molecule has 0 bridgehead atoms. The summed E-state index contributed by atoms with van der Waals surface area (Å²) < 4.78 is 1.57. The summed E-state index contributed by atoms with van der Waals surface area (Å²) in [6, 6.07) is 3.19. The molecule has 20 heavy (non-hydrogen) atoms. The van der Waals surface area contributed by atoms with Crippen LogP contribution in [0.2, 0.25) is 5.02 Å². The lowest BCUT2D eigenvalue weighted by atomic mass is 10.1. The standard InChI is InChI=1S/C12H12ClN5O2/c13-8-3-4-9(14-6-8)12-15-16-17-18(12)10(5-11(19)20)7-1-2-7/h3-4,6-7,10H,1-2,5H2,(H,19,20). The largest absolute Gasteiger partial charge is 0.481 e. The van der Waals surface area contributed by atoms with Crippen molar-refractivity contribution in [1.82, 2.24) is 25.2 Å². The van der Waals surface area contributed by atoms with E-state index < -0.39 is 5.97 Å². The Balaban J connectivity index is 1.95. The SMILES string of the molecule is O=C(O)CC(C1CC1)n1nnnc1-c1ccc(Cl)cn1. The molecule has 0 radical (unpaired) electrons. The molecule has 2 heterocycles. The quantitative estimate of drug-likeness (QED) is 0.903. The molecular weight excluding hydrogens is 282 g/mol. The lowest BCUT2D eigenvalue weighted by Crippen LogP contribution is -2.18. The number of carbonyl (C=O) groups is 1. The van der Waals surface area contributed by atoms with Gasteiger partial charge >= 0.3 is 5.97 Å². The van der Waals surface area contributed by atoms with Crippen molar-refractivity contribution in [2.75, 3.05) is 0 Å². The van der Waals surface area contributed by atoms with Gasteiger partial charge in [0, 0.05) is 6.20 Å². The summed E-state index contributed by atoms with van der Waals surface area (Å²) in [6.07, 6.45) is 3.53. The summed E-state index contributed by atoms with van der Waals surface area (Å²) >= 11 is 5.81. The van der Waals surface area contributed by atoms with Gasteiger partial charge in [-0.1, -0.05) is 11.6 Å². The van der Waals surface area contributed by atoms with E-state index in [2.05, 4.69) is 20.5 Å². The Morgan fingerprint density at radius 1 is 1.50 bits per heavy atom. The minimum absolute atomic E-state index is 0.0102. The van der Waals surface area contributed by atoms with E-state index in [0.29, 0.717) is 22.5 Å². The zero-order chi connectivity index (χ0) is 14.1. The number of rotatable bonds is 5. The van der Waals surface area contributed by atoms with Crippen LogP contribution in [0.1, 0.15) is 25.3 Å². The van der Waals surface area contributed by atoms with E-state index in [9.17, 15) is 4.79 Å². The maximum atomic E-state index is 11.0. The second-order valence-electron chi connectivity index (χ2n) is 4.81. The van der Waals surface area contributed by atoms with E-state index in [-0.39, 0.29) is 12.5 Å². The molecule has 1 aliphatic rings. The first kappa shape index (κ1) is 13.0. The Morgan fingerprint density at radius 3 is 2.90 bits per heavy atom. The maximum absolute atomic E-state index is 11.0. The van der Waals surface area contributed by atoms with Crippen LogP contribution in [0, 0.1) is 5.92 Å². The number of halogens is 1. The minimum atomic E-state index is -0.854. The molecule has 1 N–H and O–H groups in total. The minimum Gasteiger partial charge on any atom is -0.481 e. The Morgan fingerprint density at radius 2 is 2.30 bits per heavy atom. The van der Waals surface area contributed by atoms with Gasteiger partial charge < -0.3 is 5.11 Å². The first-order valence-electron chi connectivity index (χ1n) is 6.26. The molecule has 1 saturated carbocycles. The molecule has 104 valence electrons. The van der Waals surface area contributed by atoms with Crippen LogP contribution >= 0.6 is 11.6 Å². The monoisotopic (exact) mass is 293 g/mol. The Bertz CT molecular complexity index is 623. The number of aliphatic carboxylic acids is 1. The molecule has 0 aliphatic heterocycles. The Hall–Kier alpha value is -2.02. The van der Waals surface area contributed by atoms with Crippen molar-refractivity contribution >= 4 is 17.6 Å². The van der Waals surface area contributed by atoms with Crippen molar-refractivity contribution in [3.05, 3.63) is 23.4 Å². The van der Waals surface area contributed by atoms with Gasteiger partial charge in [0.05, 0.1) is 17.5 Å². The first-order valence-corrected chi connectivity index (χ1v) is 6.64. The predicted molar refractivity (Wildman–Crippen MR) is 70.1 cm³/mol. The van der Waals surface area contributed by atoms with Crippen molar-refractivity contribution < 1.29 is 9.90 Å². The van der Waals surface area contributed by atoms with Gasteiger partial charge in [-0.25, -0.2) is 4.68 Å². The number of carboxylic acids is 1. The summed E-state index contributed by atoms with van der Waals surface area (Å²) in [4.78, 5) is 15.2. The van der Waals surface area contributed by atoms with E-state index in [1.165, 1.54) is 6.20 Å². The molecule has 7 nitrogen and oxygen atoms in total. The summed E-state index contributed by atoms with van der Waals surface area (Å²) in [5.74, 6) is -0.0621. The highest BCUT2D eigenvalue weighted by Gasteiger charge is 2.36. The average Bonchev–Trinajstić information content (AvgIpc) is 3.14. The summed E-state index contributed by atoms with van der Waals surface area (Å²) in [5.41, 5.74) is 0.579. The molecule has 0 aromatic carbocycles.